The van der Waals surface area contributed by atoms with Gasteiger partial charge in [-0.3, -0.25) is 4.79 Å². The van der Waals surface area contributed by atoms with Gasteiger partial charge in [-0.2, -0.15) is 0 Å². The van der Waals surface area contributed by atoms with Crippen LogP contribution in [0.4, 0.5) is 0 Å². The van der Waals surface area contributed by atoms with E-state index < -0.39 is 0 Å². The first-order valence-electron chi connectivity index (χ1n) is 4.42. The fourth-order valence-electron chi connectivity index (χ4n) is 0.975. The van der Waals surface area contributed by atoms with Crippen LogP contribution >= 0.6 is 11.3 Å². The van der Waals surface area contributed by atoms with E-state index in [1.807, 2.05) is 20.8 Å². The van der Waals surface area contributed by atoms with Gasteiger partial charge in [0.25, 0.3) is 0 Å². The van der Waals surface area contributed by atoms with Crippen molar-refractivity contribution in [1.82, 2.24) is 10.3 Å². The second kappa shape index (κ2) is 4.91. The Hall–Kier alpha value is -1.16. The van der Waals surface area contributed by atoms with E-state index in [9.17, 15) is 4.79 Å². The SMILES string of the molecule is CC(C)=CC(=O)NCc1cnc(C)s1. The lowest BCUT2D eigenvalue weighted by molar-refractivity contribution is -0.116. The maximum Gasteiger partial charge on any atom is 0.244 e. The topological polar surface area (TPSA) is 42.0 Å². The number of nitrogens with zero attached hydrogens (tertiary/aromatic N) is 1. The summed E-state index contributed by atoms with van der Waals surface area (Å²) >= 11 is 1.60. The minimum atomic E-state index is -0.0453. The Morgan fingerprint density at radius 2 is 2.36 bits per heavy atom. The molecule has 76 valence electrons. The van der Waals surface area contributed by atoms with Crippen molar-refractivity contribution in [2.24, 2.45) is 0 Å². The molecule has 0 aromatic carbocycles. The van der Waals surface area contributed by atoms with Gasteiger partial charge in [0, 0.05) is 17.2 Å². The van der Waals surface area contributed by atoms with E-state index in [1.165, 1.54) is 0 Å². The van der Waals surface area contributed by atoms with Gasteiger partial charge < -0.3 is 5.32 Å². The highest BCUT2D eigenvalue weighted by molar-refractivity contribution is 7.11. The molecule has 0 unspecified atom stereocenters. The summed E-state index contributed by atoms with van der Waals surface area (Å²) < 4.78 is 0. The number of aromatic nitrogens is 1. The Morgan fingerprint density at radius 3 is 2.86 bits per heavy atom. The predicted octanol–water partition coefficient (Wildman–Crippen LogP) is 2.03. The summed E-state index contributed by atoms with van der Waals surface area (Å²) in [5, 5.41) is 3.82. The highest BCUT2D eigenvalue weighted by atomic mass is 32.1. The number of thiazole rings is 1. The van der Waals surface area contributed by atoms with Gasteiger partial charge >= 0.3 is 0 Å². The molecule has 0 fully saturated rings. The summed E-state index contributed by atoms with van der Waals surface area (Å²) in [6.45, 7) is 6.31. The molecule has 0 atom stereocenters. The second-order valence-electron chi connectivity index (χ2n) is 3.29. The molecule has 1 aromatic rings. The first-order valence-corrected chi connectivity index (χ1v) is 5.23. The number of allylic oxidation sites excluding steroid dienone is 1. The maximum absolute atomic E-state index is 11.2. The molecule has 3 nitrogen and oxygen atoms in total. The Balaban J connectivity index is 2.41. The quantitative estimate of drug-likeness (QED) is 0.776. The Kier molecular flexibility index (Phi) is 3.83. The smallest absolute Gasteiger partial charge is 0.244 e. The number of carbonyl (C=O) groups excluding carboxylic acids is 1. The summed E-state index contributed by atoms with van der Waals surface area (Å²) in [5.74, 6) is -0.0453. The van der Waals surface area contributed by atoms with Crippen LogP contribution in [-0.4, -0.2) is 10.9 Å². The van der Waals surface area contributed by atoms with Crippen molar-refractivity contribution in [2.75, 3.05) is 0 Å². The van der Waals surface area contributed by atoms with Crippen LogP contribution in [0.15, 0.2) is 17.8 Å². The lowest BCUT2D eigenvalue weighted by atomic mass is 10.3. The van der Waals surface area contributed by atoms with E-state index in [2.05, 4.69) is 10.3 Å². The van der Waals surface area contributed by atoms with Crippen LogP contribution in [0.5, 0.6) is 0 Å². The standard InChI is InChI=1S/C10H14N2OS/c1-7(2)4-10(13)12-6-9-5-11-8(3)14-9/h4-5H,6H2,1-3H3,(H,12,13). The zero-order chi connectivity index (χ0) is 10.6. The third kappa shape index (κ3) is 3.70. The first kappa shape index (κ1) is 10.9. The Morgan fingerprint density at radius 1 is 1.64 bits per heavy atom. The maximum atomic E-state index is 11.2. The Labute approximate surface area is 87.9 Å². The highest BCUT2D eigenvalue weighted by Crippen LogP contribution is 2.10. The number of nitrogens with one attached hydrogen (secondary N) is 1. The van der Waals surface area contributed by atoms with E-state index in [1.54, 1.807) is 23.6 Å². The lowest BCUT2D eigenvalue weighted by Crippen LogP contribution is -2.19. The molecule has 0 radical (unpaired) electrons. The molecule has 14 heavy (non-hydrogen) atoms. The van der Waals surface area contributed by atoms with Crippen molar-refractivity contribution < 1.29 is 4.79 Å². The number of aryl methyl sites for hydroxylation is 1. The average molecular weight is 210 g/mol. The Bertz CT molecular complexity index is 351. The molecule has 1 N–H and O–H groups in total. The van der Waals surface area contributed by atoms with E-state index >= 15 is 0 Å². The van der Waals surface area contributed by atoms with Crippen LogP contribution in [0.2, 0.25) is 0 Å². The summed E-state index contributed by atoms with van der Waals surface area (Å²) in [6.07, 6.45) is 3.39. The van der Waals surface area contributed by atoms with Gasteiger partial charge in [0.1, 0.15) is 0 Å². The van der Waals surface area contributed by atoms with Crippen molar-refractivity contribution >= 4 is 17.2 Å². The van der Waals surface area contributed by atoms with Crippen molar-refractivity contribution in [1.29, 1.82) is 0 Å². The lowest BCUT2D eigenvalue weighted by Gasteiger charge is -1.98. The van der Waals surface area contributed by atoms with E-state index in [4.69, 9.17) is 0 Å². The molecule has 1 aromatic heterocycles. The van der Waals surface area contributed by atoms with Gasteiger partial charge in [-0.05, 0) is 20.8 Å². The normalized spacial score (nSPS) is 9.64. The predicted molar refractivity (Wildman–Crippen MR) is 58.1 cm³/mol. The van der Waals surface area contributed by atoms with Gasteiger partial charge in [-0.25, -0.2) is 4.98 Å². The zero-order valence-electron chi connectivity index (χ0n) is 8.63. The third-order valence-corrected chi connectivity index (χ3v) is 2.44. The van der Waals surface area contributed by atoms with Crippen LogP contribution in [0.1, 0.15) is 23.7 Å². The number of carbonyl (C=O) groups is 1. The van der Waals surface area contributed by atoms with Crippen molar-refractivity contribution in [2.45, 2.75) is 27.3 Å². The van der Waals surface area contributed by atoms with E-state index in [-0.39, 0.29) is 5.91 Å². The first-order chi connectivity index (χ1) is 6.58. The molecule has 1 rings (SSSR count). The van der Waals surface area contributed by atoms with Crippen molar-refractivity contribution in [3.63, 3.8) is 0 Å². The van der Waals surface area contributed by atoms with Gasteiger partial charge in [0.15, 0.2) is 0 Å². The number of hydrogen-bond donors (Lipinski definition) is 1. The molecule has 0 saturated heterocycles. The fourth-order valence-corrected chi connectivity index (χ4v) is 1.71. The van der Waals surface area contributed by atoms with Crippen LogP contribution < -0.4 is 5.32 Å². The number of rotatable bonds is 3. The number of hydrogen-bond acceptors (Lipinski definition) is 3. The summed E-state index contributed by atoms with van der Waals surface area (Å²) in [4.78, 5) is 16.4. The molecule has 1 amide bonds. The molecular weight excluding hydrogens is 196 g/mol. The molecule has 4 heteroatoms. The molecule has 0 spiro atoms. The molecule has 0 aliphatic rings. The average Bonchev–Trinajstić information content (AvgIpc) is 2.47. The monoisotopic (exact) mass is 210 g/mol. The minimum Gasteiger partial charge on any atom is -0.348 e. The highest BCUT2D eigenvalue weighted by Gasteiger charge is 1.99. The van der Waals surface area contributed by atoms with Gasteiger partial charge in [-0.15, -0.1) is 11.3 Å². The van der Waals surface area contributed by atoms with Crippen LogP contribution in [0.3, 0.4) is 0 Å². The summed E-state index contributed by atoms with van der Waals surface area (Å²) in [5.41, 5.74) is 1.00. The fraction of sp³-hybridized carbons (Fsp3) is 0.400. The van der Waals surface area contributed by atoms with Gasteiger partial charge in [-0.1, -0.05) is 5.57 Å². The molecular formula is C10H14N2OS. The molecule has 0 saturated carbocycles. The van der Waals surface area contributed by atoms with Crippen molar-refractivity contribution in [3.8, 4) is 0 Å². The molecule has 0 aliphatic carbocycles. The minimum absolute atomic E-state index is 0.0453. The van der Waals surface area contributed by atoms with Crippen LogP contribution in [-0.2, 0) is 11.3 Å². The van der Waals surface area contributed by atoms with E-state index in [0.717, 1.165) is 15.5 Å². The molecule has 0 aliphatic heterocycles. The largest absolute Gasteiger partial charge is 0.348 e. The third-order valence-electron chi connectivity index (χ3n) is 1.53. The second-order valence-corrected chi connectivity index (χ2v) is 4.60. The van der Waals surface area contributed by atoms with Crippen LogP contribution in [0.25, 0.3) is 0 Å². The summed E-state index contributed by atoms with van der Waals surface area (Å²) in [6, 6.07) is 0. The molecule has 1 heterocycles. The van der Waals surface area contributed by atoms with E-state index in [0.29, 0.717) is 6.54 Å². The summed E-state index contributed by atoms with van der Waals surface area (Å²) in [7, 11) is 0. The van der Waals surface area contributed by atoms with Gasteiger partial charge in [0.2, 0.25) is 5.91 Å². The zero-order valence-corrected chi connectivity index (χ0v) is 9.44. The number of amides is 1. The molecule has 0 bridgehead atoms. The van der Waals surface area contributed by atoms with Crippen LogP contribution in [0, 0.1) is 6.92 Å². The van der Waals surface area contributed by atoms with Crippen molar-refractivity contribution in [3.05, 3.63) is 27.7 Å². The van der Waals surface area contributed by atoms with Gasteiger partial charge in [0.05, 0.1) is 11.6 Å².